The molecule has 0 aliphatic carbocycles. The van der Waals surface area contributed by atoms with Crippen molar-refractivity contribution in [2.24, 2.45) is 5.73 Å². The lowest BCUT2D eigenvalue weighted by atomic mass is 10.00. The minimum absolute atomic E-state index is 0.0525. The minimum atomic E-state index is -4.73. The molecule has 2 atom stereocenters. The van der Waals surface area contributed by atoms with Crippen LogP contribution in [0.15, 0.2) is 0 Å². The molecule has 1 aliphatic heterocycles. The van der Waals surface area contributed by atoms with Crippen molar-refractivity contribution in [2.75, 3.05) is 26.2 Å². The molecule has 2 unspecified atom stereocenters. The van der Waals surface area contributed by atoms with Gasteiger partial charge in [-0.3, -0.25) is 9.69 Å². The number of hydrogen-bond acceptors (Lipinski definition) is 3. The highest BCUT2D eigenvalue weighted by Gasteiger charge is 2.55. The molecular weight excluding hydrogens is 247 g/mol. The van der Waals surface area contributed by atoms with Crippen molar-refractivity contribution in [1.82, 2.24) is 9.80 Å². The summed E-state index contributed by atoms with van der Waals surface area (Å²) in [6.45, 7) is 6.59. The molecule has 0 spiro atoms. The molecule has 0 saturated carbocycles. The molecule has 0 aromatic heterocycles. The van der Waals surface area contributed by atoms with Crippen molar-refractivity contribution in [3.8, 4) is 0 Å². The summed E-state index contributed by atoms with van der Waals surface area (Å²) >= 11 is 0. The Morgan fingerprint density at radius 1 is 1.39 bits per heavy atom. The topological polar surface area (TPSA) is 49.6 Å². The predicted molar refractivity (Wildman–Crippen MR) is 61.9 cm³/mol. The van der Waals surface area contributed by atoms with Crippen molar-refractivity contribution >= 4 is 5.91 Å². The number of likely N-dealkylation sites (N-methyl/N-ethyl adjacent to an activating group) is 1. The lowest BCUT2D eigenvalue weighted by Gasteiger charge is -2.42. The largest absolute Gasteiger partial charge is 0.415 e. The first kappa shape index (κ1) is 15.2. The molecule has 0 aromatic rings. The van der Waals surface area contributed by atoms with Crippen LogP contribution in [0.4, 0.5) is 13.2 Å². The van der Waals surface area contributed by atoms with Gasteiger partial charge in [0.1, 0.15) is 0 Å². The van der Waals surface area contributed by atoms with Gasteiger partial charge in [0.15, 0.2) is 5.54 Å². The van der Waals surface area contributed by atoms with Crippen LogP contribution in [0.1, 0.15) is 20.8 Å². The van der Waals surface area contributed by atoms with Gasteiger partial charge in [-0.05, 0) is 20.4 Å². The third-order valence-electron chi connectivity index (χ3n) is 3.49. The zero-order chi connectivity index (χ0) is 14.1. The monoisotopic (exact) mass is 267 g/mol. The molecule has 1 fully saturated rings. The minimum Gasteiger partial charge on any atom is -0.338 e. The fourth-order valence-electron chi connectivity index (χ4n) is 2.10. The van der Waals surface area contributed by atoms with Crippen LogP contribution in [0.3, 0.4) is 0 Å². The van der Waals surface area contributed by atoms with Crippen molar-refractivity contribution < 1.29 is 18.0 Å². The van der Waals surface area contributed by atoms with Crippen molar-refractivity contribution in [3.05, 3.63) is 0 Å². The fourth-order valence-corrected chi connectivity index (χ4v) is 2.10. The Kier molecular flexibility index (Phi) is 4.27. The van der Waals surface area contributed by atoms with E-state index in [2.05, 4.69) is 4.90 Å². The summed E-state index contributed by atoms with van der Waals surface area (Å²) in [6.07, 6.45) is -4.73. The molecule has 0 bridgehead atoms. The third kappa shape index (κ3) is 2.77. The van der Waals surface area contributed by atoms with Crippen molar-refractivity contribution in [3.63, 3.8) is 0 Å². The highest BCUT2D eigenvalue weighted by Crippen LogP contribution is 2.30. The Hall–Kier alpha value is -0.820. The number of nitrogens with zero attached hydrogens (tertiary/aromatic N) is 2. The molecule has 18 heavy (non-hydrogen) atoms. The summed E-state index contributed by atoms with van der Waals surface area (Å²) in [5.74, 6) is -1.04. The van der Waals surface area contributed by atoms with E-state index in [-0.39, 0.29) is 12.6 Å². The Labute approximate surface area is 105 Å². The van der Waals surface area contributed by atoms with Gasteiger partial charge in [0.25, 0.3) is 5.91 Å². The first-order valence-electron chi connectivity index (χ1n) is 6.00. The molecular formula is C11H20F3N3O. The molecule has 1 heterocycles. The van der Waals surface area contributed by atoms with Crippen LogP contribution in [0.5, 0.6) is 0 Å². The summed E-state index contributed by atoms with van der Waals surface area (Å²) in [5.41, 5.74) is 2.35. The van der Waals surface area contributed by atoms with Gasteiger partial charge >= 0.3 is 6.18 Å². The van der Waals surface area contributed by atoms with Gasteiger partial charge in [-0.1, -0.05) is 6.92 Å². The molecule has 7 heteroatoms. The Balaban J connectivity index is 2.76. The van der Waals surface area contributed by atoms with Crippen LogP contribution in [0.2, 0.25) is 0 Å². The molecule has 0 aromatic carbocycles. The maximum atomic E-state index is 12.7. The fraction of sp³-hybridized carbons (Fsp3) is 0.909. The maximum Gasteiger partial charge on any atom is 0.415 e. The normalized spacial score (nSPS) is 25.9. The van der Waals surface area contributed by atoms with E-state index in [4.69, 9.17) is 5.73 Å². The zero-order valence-electron chi connectivity index (χ0n) is 10.9. The second-order valence-electron chi connectivity index (χ2n) is 4.93. The van der Waals surface area contributed by atoms with Gasteiger partial charge in [-0.15, -0.1) is 0 Å². The average molecular weight is 267 g/mol. The lowest BCUT2D eigenvalue weighted by molar-refractivity contribution is -0.195. The number of piperazine rings is 1. The Morgan fingerprint density at radius 3 is 2.33 bits per heavy atom. The van der Waals surface area contributed by atoms with E-state index in [9.17, 15) is 18.0 Å². The van der Waals surface area contributed by atoms with Crippen LogP contribution in [-0.4, -0.2) is 59.6 Å². The number of nitrogens with two attached hydrogens (primary N) is 1. The Morgan fingerprint density at radius 2 is 1.94 bits per heavy atom. The van der Waals surface area contributed by atoms with Gasteiger partial charge in [0, 0.05) is 25.7 Å². The van der Waals surface area contributed by atoms with E-state index in [1.54, 1.807) is 0 Å². The van der Waals surface area contributed by atoms with Crippen LogP contribution in [0, 0.1) is 0 Å². The number of halogens is 3. The first-order valence-corrected chi connectivity index (χ1v) is 6.00. The van der Waals surface area contributed by atoms with E-state index in [0.29, 0.717) is 13.1 Å². The van der Waals surface area contributed by atoms with Crippen LogP contribution >= 0.6 is 0 Å². The summed E-state index contributed by atoms with van der Waals surface area (Å²) in [5, 5.41) is 0. The summed E-state index contributed by atoms with van der Waals surface area (Å²) in [6, 6.07) is 0.0525. The summed E-state index contributed by atoms with van der Waals surface area (Å²) < 4.78 is 38.1. The molecule has 0 radical (unpaired) electrons. The second-order valence-corrected chi connectivity index (χ2v) is 4.93. The molecule has 1 rings (SSSR count). The SMILES string of the molecule is CCN1CCN(C(=O)C(C)(N)C(F)(F)F)CC1C. The first-order chi connectivity index (χ1) is 8.11. The Bertz CT molecular complexity index is 317. The lowest BCUT2D eigenvalue weighted by Crippen LogP contribution is -2.65. The number of carbonyl (C=O) groups excluding carboxylic acids is 1. The van der Waals surface area contributed by atoms with Gasteiger partial charge in [0.2, 0.25) is 0 Å². The van der Waals surface area contributed by atoms with E-state index >= 15 is 0 Å². The molecule has 4 nitrogen and oxygen atoms in total. The zero-order valence-corrected chi connectivity index (χ0v) is 10.9. The van der Waals surface area contributed by atoms with E-state index < -0.39 is 17.6 Å². The van der Waals surface area contributed by atoms with Crippen LogP contribution in [-0.2, 0) is 4.79 Å². The van der Waals surface area contributed by atoms with Crippen LogP contribution in [0.25, 0.3) is 0 Å². The molecule has 1 saturated heterocycles. The third-order valence-corrected chi connectivity index (χ3v) is 3.49. The quantitative estimate of drug-likeness (QED) is 0.806. The standard InChI is InChI=1S/C11H20F3N3O/c1-4-16-5-6-17(7-8(16)2)9(18)10(3,15)11(12,13)14/h8H,4-7,15H2,1-3H3. The number of carbonyl (C=O) groups is 1. The van der Waals surface area contributed by atoms with Gasteiger partial charge in [0.05, 0.1) is 0 Å². The second kappa shape index (κ2) is 5.05. The molecule has 106 valence electrons. The van der Waals surface area contributed by atoms with Crippen molar-refractivity contribution in [1.29, 1.82) is 0 Å². The van der Waals surface area contributed by atoms with Gasteiger partial charge < -0.3 is 10.6 Å². The number of amides is 1. The van der Waals surface area contributed by atoms with E-state index in [1.165, 1.54) is 4.90 Å². The highest BCUT2D eigenvalue weighted by molar-refractivity contribution is 5.86. The molecule has 1 aliphatic rings. The van der Waals surface area contributed by atoms with Gasteiger partial charge in [-0.2, -0.15) is 13.2 Å². The van der Waals surface area contributed by atoms with Crippen LogP contribution < -0.4 is 5.73 Å². The summed E-state index contributed by atoms with van der Waals surface area (Å²) in [7, 11) is 0. The average Bonchev–Trinajstić information content (AvgIpc) is 2.26. The van der Waals surface area contributed by atoms with E-state index in [1.807, 2.05) is 13.8 Å². The molecule has 1 amide bonds. The smallest absolute Gasteiger partial charge is 0.338 e. The predicted octanol–water partition coefficient (Wildman–Crippen LogP) is 0.819. The highest BCUT2D eigenvalue weighted by atomic mass is 19.4. The van der Waals surface area contributed by atoms with Gasteiger partial charge in [-0.25, -0.2) is 0 Å². The molecule has 2 N–H and O–H groups in total. The van der Waals surface area contributed by atoms with E-state index in [0.717, 1.165) is 13.5 Å². The maximum absolute atomic E-state index is 12.7. The number of hydrogen-bond donors (Lipinski definition) is 1. The number of alkyl halides is 3. The summed E-state index contributed by atoms with van der Waals surface area (Å²) in [4.78, 5) is 15.2. The van der Waals surface area contributed by atoms with Crippen molar-refractivity contribution in [2.45, 2.75) is 38.5 Å². The number of rotatable bonds is 2.